The van der Waals surface area contributed by atoms with Crippen molar-refractivity contribution in [2.75, 3.05) is 5.75 Å². The number of hydrogen-bond donors (Lipinski definition) is 2. The smallest absolute Gasteiger partial charge is 0.262 e. The Hall–Kier alpha value is -2.77. The minimum Gasteiger partial charge on any atom is -0.431 e. The van der Waals surface area contributed by atoms with Crippen molar-refractivity contribution in [3.05, 3.63) is 65.2 Å². The molecule has 0 aliphatic carbocycles. The molecule has 0 aliphatic rings. The number of para-hydroxylation sites is 2. The first-order valence-corrected chi connectivity index (χ1v) is 8.97. The highest BCUT2D eigenvalue weighted by Crippen LogP contribution is 2.22. The standard InChI is InChI=1S/C18H14ClN3O3S/c19-13-5-3-4-12(10-13)8-9-16(23)21-22-17(24)11-26-18-20-14-6-1-2-7-15(14)25-18/h1-10H,11H2,(H,21,23)(H,22,24)/b9-8+. The number of nitrogens with one attached hydrogen (secondary N) is 2. The topological polar surface area (TPSA) is 84.2 Å². The molecule has 6 nitrogen and oxygen atoms in total. The Morgan fingerprint density at radius 2 is 2.00 bits per heavy atom. The number of oxazole rings is 1. The Morgan fingerprint density at radius 3 is 2.81 bits per heavy atom. The lowest BCUT2D eigenvalue weighted by Crippen LogP contribution is -2.41. The summed E-state index contributed by atoms with van der Waals surface area (Å²) in [6, 6.07) is 14.4. The highest BCUT2D eigenvalue weighted by atomic mass is 35.5. The van der Waals surface area contributed by atoms with Crippen LogP contribution in [0.1, 0.15) is 5.56 Å². The average Bonchev–Trinajstić information content (AvgIpc) is 3.06. The van der Waals surface area contributed by atoms with Crippen LogP contribution in [-0.4, -0.2) is 22.6 Å². The minimum absolute atomic E-state index is 0.0606. The summed E-state index contributed by atoms with van der Waals surface area (Å²) in [5, 5.41) is 0.977. The van der Waals surface area contributed by atoms with E-state index in [1.165, 1.54) is 6.08 Å². The molecule has 2 N–H and O–H groups in total. The molecular weight excluding hydrogens is 374 g/mol. The van der Waals surface area contributed by atoms with E-state index in [1.54, 1.807) is 30.3 Å². The van der Waals surface area contributed by atoms with Crippen LogP contribution in [0.5, 0.6) is 0 Å². The first kappa shape index (κ1) is 18.0. The second kappa shape index (κ2) is 8.55. The Kier molecular flexibility index (Phi) is 5.93. The predicted molar refractivity (Wildman–Crippen MR) is 102 cm³/mol. The average molecular weight is 388 g/mol. The zero-order valence-corrected chi connectivity index (χ0v) is 15.0. The molecule has 0 fully saturated rings. The molecule has 0 atom stereocenters. The van der Waals surface area contributed by atoms with Crippen LogP contribution in [0.25, 0.3) is 17.2 Å². The number of fused-ring (bicyclic) bond motifs is 1. The van der Waals surface area contributed by atoms with Gasteiger partial charge in [-0.25, -0.2) is 4.98 Å². The van der Waals surface area contributed by atoms with Crippen molar-refractivity contribution in [3.8, 4) is 0 Å². The van der Waals surface area contributed by atoms with Crippen LogP contribution in [-0.2, 0) is 9.59 Å². The number of nitrogens with zero attached hydrogens (tertiary/aromatic N) is 1. The maximum atomic E-state index is 11.8. The molecule has 0 bridgehead atoms. The van der Waals surface area contributed by atoms with E-state index in [0.29, 0.717) is 15.8 Å². The van der Waals surface area contributed by atoms with E-state index in [2.05, 4.69) is 15.8 Å². The summed E-state index contributed by atoms with van der Waals surface area (Å²) in [6.07, 6.45) is 2.90. The molecule has 0 saturated heterocycles. The normalized spacial score (nSPS) is 11.0. The molecule has 0 unspecified atom stereocenters. The third-order valence-corrected chi connectivity index (χ3v) is 4.27. The molecule has 0 aliphatic heterocycles. The minimum atomic E-state index is -0.454. The van der Waals surface area contributed by atoms with E-state index in [0.717, 1.165) is 22.8 Å². The molecule has 8 heteroatoms. The number of benzene rings is 2. The Bertz CT molecular complexity index is 938. The summed E-state index contributed by atoms with van der Waals surface area (Å²) in [5.41, 5.74) is 6.81. The van der Waals surface area contributed by atoms with Gasteiger partial charge in [-0.2, -0.15) is 0 Å². The molecule has 0 spiro atoms. The van der Waals surface area contributed by atoms with Crippen molar-refractivity contribution >= 4 is 52.4 Å². The van der Waals surface area contributed by atoms with Gasteiger partial charge in [0.05, 0.1) is 5.75 Å². The van der Waals surface area contributed by atoms with E-state index < -0.39 is 5.91 Å². The Morgan fingerprint density at radius 1 is 1.15 bits per heavy atom. The fraction of sp³-hybridized carbons (Fsp3) is 0.0556. The van der Waals surface area contributed by atoms with Crippen molar-refractivity contribution in [2.45, 2.75) is 5.22 Å². The van der Waals surface area contributed by atoms with Crippen molar-refractivity contribution in [2.24, 2.45) is 0 Å². The largest absolute Gasteiger partial charge is 0.431 e. The fourth-order valence-electron chi connectivity index (χ4n) is 2.03. The van der Waals surface area contributed by atoms with E-state index in [1.807, 2.05) is 24.3 Å². The summed E-state index contributed by atoms with van der Waals surface area (Å²) in [6.45, 7) is 0. The third-order valence-electron chi connectivity index (χ3n) is 3.20. The van der Waals surface area contributed by atoms with Gasteiger partial charge in [-0.05, 0) is 35.9 Å². The molecular formula is C18H14ClN3O3S. The summed E-state index contributed by atoms with van der Waals surface area (Å²) < 4.78 is 5.50. The first-order chi connectivity index (χ1) is 12.6. The number of hydrazine groups is 1. The number of amides is 2. The van der Waals surface area contributed by atoms with E-state index in [4.69, 9.17) is 16.0 Å². The van der Waals surface area contributed by atoms with Gasteiger partial charge in [-0.15, -0.1) is 0 Å². The summed E-state index contributed by atoms with van der Waals surface area (Å²) in [4.78, 5) is 27.8. The van der Waals surface area contributed by atoms with Crippen molar-refractivity contribution < 1.29 is 14.0 Å². The fourth-order valence-corrected chi connectivity index (χ4v) is 2.87. The van der Waals surface area contributed by atoms with Gasteiger partial charge in [0, 0.05) is 11.1 Å². The first-order valence-electron chi connectivity index (χ1n) is 7.61. The van der Waals surface area contributed by atoms with Crippen LogP contribution in [0.15, 0.2) is 64.2 Å². The maximum Gasteiger partial charge on any atom is 0.262 e. The van der Waals surface area contributed by atoms with Gasteiger partial charge in [-0.3, -0.25) is 20.4 Å². The second-order valence-electron chi connectivity index (χ2n) is 5.16. The van der Waals surface area contributed by atoms with Crippen LogP contribution in [0, 0.1) is 0 Å². The lowest BCUT2D eigenvalue weighted by molar-refractivity contribution is -0.125. The molecule has 26 heavy (non-hydrogen) atoms. The predicted octanol–water partition coefficient (Wildman–Crippen LogP) is 3.43. The summed E-state index contributed by atoms with van der Waals surface area (Å²) in [5.74, 6) is -0.766. The molecule has 3 rings (SSSR count). The van der Waals surface area contributed by atoms with Crippen LogP contribution < -0.4 is 10.9 Å². The molecule has 1 aromatic heterocycles. The monoisotopic (exact) mass is 387 g/mol. The van der Waals surface area contributed by atoms with Gasteiger partial charge in [0.1, 0.15) is 5.52 Å². The van der Waals surface area contributed by atoms with E-state index >= 15 is 0 Å². The molecule has 3 aromatic rings. The number of hydrogen-bond acceptors (Lipinski definition) is 5. The van der Waals surface area contributed by atoms with Crippen molar-refractivity contribution in [1.29, 1.82) is 0 Å². The second-order valence-corrected chi connectivity index (χ2v) is 6.52. The number of thioether (sulfide) groups is 1. The van der Waals surface area contributed by atoms with E-state index in [-0.39, 0.29) is 11.7 Å². The summed E-state index contributed by atoms with van der Waals surface area (Å²) >= 11 is 7.01. The van der Waals surface area contributed by atoms with Crippen LogP contribution >= 0.6 is 23.4 Å². The SMILES string of the molecule is O=C(/C=C/c1cccc(Cl)c1)NNC(=O)CSc1nc2ccccc2o1. The van der Waals surface area contributed by atoms with Crippen LogP contribution in [0.2, 0.25) is 5.02 Å². The molecule has 132 valence electrons. The van der Waals surface area contributed by atoms with Crippen LogP contribution in [0.4, 0.5) is 0 Å². The van der Waals surface area contributed by atoms with Gasteiger partial charge in [0.25, 0.3) is 11.1 Å². The number of aromatic nitrogens is 1. The van der Waals surface area contributed by atoms with Gasteiger partial charge < -0.3 is 4.42 Å². The zero-order chi connectivity index (χ0) is 18.4. The van der Waals surface area contributed by atoms with Gasteiger partial charge in [0.2, 0.25) is 5.91 Å². The third kappa shape index (κ3) is 5.11. The van der Waals surface area contributed by atoms with Crippen molar-refractivity contribution in [3.63, 3.8) is 0 Å². The number of carbonyl (C=O) groups excluding carboxylic acids is 2. The molecule has 1 heterocycles. The van der Waals surface area contributed by atoms with Crippen molar-refractivity contribution in [1.82, 2.24) is 15.8 Å². The van der Waals surface area contributed by atoms with E-state index in [9.17, 15) is 9.59 Å². The molecule has 2 amide bonds. The molecule has 2 aromatic carbocycles. The zero-order valence-electron chi connectivity index (χ0n) is 13.4. The van der Waals surface area contributed by atoms with Crippen LogP contribution in [0.3, 0.4) is 0 Å². The molecule has 0 saturated carbocycles. The Labute approximate surface area is 158 Å². The van der Waals surface area contributed by atoms with Gasteiger partial charge in [-0.1, -0.05) is 47.6 Å². The summed E-state index contributed by atoms with van der Waals surface area (Å²) in [7, 11) is 0. The number of halogens is 1. The lowest BCUT2D eigenvalue weighted by atomic mass is 10.2. The van der Waals surface area contributed by atoms with Gasteiger partial charge in [0.15, 0.2) is 5.58 Å². The number of carbonyl (C=O) groups is 2. The quantitative estimate of drug-likeness (QED) is 0.398. The number of rotatable bonds is 5. The molecule has 0 radical (unpaired) electrons. The highest BCUT2D eigenvalue weighted by Gasteiger charge is 2.09. The maximum absolute atomic E-state index is 11.8. The highest BCUT2D eigenvalue weighted by molar-refractivity contribution is 7.99. The lowest BCUT2D eigenvalue weighted by Gasteiger charge is -2.03. The van der Waals surface area contributed by atoms with Gasteiger partial charge >= 0.3 is 0 Å². The Balaban J connectivity index is 1.44.